The summed E-state index contributed by atoms with van der Waals surface area (Å²) in [5, 5.41) is 4.31. The van der Waals surface area contributed by atoms with Crippen LogP contribution in [0.5, 0.6) is 0 Å². The third-order valence-electron chi connectivity index (χ3n) is 7.87. The van der Waals surface area contributed by atoms with Crippen molar-refractivity contribution in [3.8, 4) is 22.5 Å². The second-order valence-corrected chi connectivity index (χ2v) is 10.4. The number of nitrogens with zero attached hydrogens (tertiary/aromatic N) is 2. The van der Waals surface area contributed by atoms with Gasteiger partial charge >= 0.3 is 5.97 Å². The highest BCUT2D eigenvalue weighted by molar-refractivity contribution is 5.87. The van der Waals surface area contributed by atoms with Gasteiger partial charge in [-0.3, -0.25) is 4.79 Å². The molecule has 1 aliphatic carbocycles. The fourth-order valence-electron chi connectivity index (χ4n) is 5.20. The smallest absolute Gasteiger partial charge is 0.316 e. The SMILES string of the molecule is CCOC(=O)C1(c2ccc(-c3ccc(-c4onc(C)c4N(C)C(C)CCc4ccccc4)cc3)cc2)CC1. The maximum atomic E-state index is 12.4. The standard InChI is InChI=1S/C33H36N2O3/c1-5-37-32(36)33(21-22-33)29-19-17-27(18-20-29)26-13-15-28(16-14-26)31-30(24(3)34-38-31)35(4)23(2)11-12-25-9-7-6-8-10-25/h6-10,13-20,23H,5,11-12,21-22H2,1-4H3. The number of esters is 1. The van der Waals surface area contributed by atoms with E-state index in [0.717, 1.165) is 65.1 Å². The van der Waals surface area contributed by atoms with Crippen molar-refractivity contribution in [2.75, 3.05) is 18.6 Å². The molecule has 5 rings (SSSR count). The molecule has 1 saturated carbocycles. The van der Waals surface area contributed by atoms with Crippen LogP contribution < -0.4 is 4.90 Å². The van der Waals surface area contributed by atoms with Crippen molar-refractivity contribution in [2.45, 2.75) is 57.9 Å². The van der Waals surface area contributed by atoms with Crippen LogP contribution >= 0.6 is 0 Å². The molecule has 0 radical (unpaired) electrons. The first-order valence-corrected chi connectivity index (χ1v) is 13.5. The number of ether oxygens (including phenoxy) is 1. The Hall–Kier alpha value is -3.86. The highest BCUT2D eigenvalue weighted by atomic mass is 16.5. The van der Waals surface area contributed by atoms with Crippen molar-refractivity contribution in [1.29, 1.82) is 0 Å². The molecule has 38 heavy (non-hydrogen) atoms. The van der Waals surface area contributed by atoms with Crippen LogP contribution in [-0.2, 0) is 21.4 Å². The van der Waals surface area contributed by atoms with E-state index in [1.807, 2.05) is 13.8 Å². The molecule has 1 unspecified atom stereocenters. The Bertz CT molecular complexity index is 1370. The van der Waals surface area contributed by atoms with Gasteiger partial charge in [0.1, 0.15) is 11.4 Å². The van der Waals surface area contributed by atoms with Crippen molar-refractivity contribution >= 4 is 11.7 Å². The lowest BCUT2D eigenvalue weighted by Gasteiger charge is -2.27. The number of carbonyl (C=O) groups excluding carboxylic acids is 1. The molecule has 0 saturated heterocycles. The van der Waals surface area contributed by atoms with Gasteiger partial charge in [0.15, 0.2) is 5.76 Å². The molecule has 5 heteroatoms. The molecule has 1 aliphatic rings. The molecule has 5 nitrogen and oxygen atoms in total. The Morgan fingerprint density at radius 3 is 2.18 bits per heavy atom. The minimum atomic E-state index is -0.441. The molecule has 1 fully saturated rings. The topological polar surface area (TPSA) is 55.6 Å². The molecule has 3 aromatic carbocycles. The van der Waals surface area contributed by atoms with Crippen molar-refractivity contribution in [3.63, 3.8) is 0 Å². The molecular formula is C33H36N2O3. The van der Waals surface area contributed by atoms with E-state index in [1.165, 1.54) is 5.56 Å². The number of hydrogen-bond acceptors (Lipinski definition) is 5. The second-order valence-electron chi connectivity index (χ2n) is 10.4. The molecular weight excluding hydrogens is 472 g/mol. The van der Waals surface area contributed by atoms with Crippen LogP contribution in [0.3, 0.4) is 0 Å². The minimum absolute atomic E-state index is 0.102. The van der Waals surface area contributed by atoms with Crippen LogP contribution in [0.4, 0.5) is 5.69 Å². The first-order chi connectivity index (χ1) is 18.4. The zero-order chi connectivity index (χ0) is 26.7. The first kappa shape index (κ1) is 25.8. The quantitative estimate of drug-likeness (QED) is 0.209. The van der Waals surface area contributed by atoms with Crippen LogP contribution in [-0.4, -0.2) is 30.8 Å². The van der Waals surface area contributed by atoms with Crippen LogP contribution in [0.25, 0.3) is 22.5 Å². The Morgan fingerprint density at radius 2 is 1.58 bits per heavy atom. The van der Waals surface area contributed by atoms with E-state index in [2.05, 4.69) is 103 Å². The molecule has 4 aromatic rings. The normalized spacial score (nSPS) is 14.6. The van der Waals surface area contributed by atoms with Gasteiger partial charge in [0.25, 0.3) is 0 Å². The highest BCUT2D eigenvalue weighted by Crippen LogP contribution is 2.49. The Morgan fingerprint density at radius 1 is 0.974 bits per heavy atom. The summed E-state index contributed by atoms with van der Waals surface area (Å²) in [5.74, 6) is 0.693. The third kappa shape index (κ3) is 5.10. The number of hydrogen-bond donors (Lipinski definition) is 0. The predicted molar refractivity (Wildman–Crippen MR) is 152 cm³/mol. The second kappa shape index (κ2) is 10.9. The first-order valence-electron chi connectivity index (χ1n) is 13.5. The van der Waals surface area contributed by atoms with Crippen LogP contribution in [0.15, 0.2) is 83.4 Å². The van der Waals surface area contributed by atoms with Crippen molar-refractivity contribution in [1.82, 2.24) is 5.16 Å². The summed E-state index contributed by atoms with van der Waals surface area (Å²) in [6.45, 7) is 6.52. The molecule has 0 amide bonds. The Kier molecular flexibility index (Phi) is 7.37. The van der Waals surface area contributed by atoms with Gasteiger partial charge in [0, 0.05) is 18.7 Å². The number of anilines is 1. The van der Waals surface area contributed by atoms with E-state index in [9.17, 15) is 4.79 Å². The Balaban J connectivity index is 1.30. The van der Waals surface area contributed by atoms with Gasteiger partial charge in [-0.2, -0.15) is 0 Å². The van der Waals surface area contributed by atoms with E-state index >= 15 is 0 Å². The van der Waals surface area contributed by atoms with Gasteiger partial charge in [-0.15, -0.1) is 0 Å². The van der Waals surface area contributed by atoms with Gasteiger partial charge in [-0.25, -0.2) is 0 Å². The molecule has 1 heterocycles. The molecule has 1 aromatic heterocycles. The molecule has 0 bridgehead atoms. The summed E-state index contributed by atoms with van der Waals surface area (Å²) < 4.78 is 11.1. The average Bonchev–Trinajstić information content (AvgIpc) is 3.68. The average molecular weight is 509 g/mol. The van der Waals surface area contributed by atoms with Crippen molar-refractivity contribution in [3.05, 3.63) is 95.7 Å². The maximum absolute atomic E-state index is 12.4. The summed E-state index contributed by atoms with van der Waals surface area (Å²) in [4.78, 5) is 14.7. The van der Waals surface area contributed by atoms with E-state index in [0.29, 0.717) is 12.6 Å². The van der Waals surface area contributed by atoms with Crippen LogP contribution in [0, 0.1) is 6.92 Å². The Labute approximate surface area is 225 Å². The molecule has 0 N–H and O–H groups in total. The lowest BCUT2D eigenvalue weighted by atomic mass is 9.93. The molecule has 0 spiro atoms. The van der Waals surface area contributed by atoms with Gasteiger partial charge in [0.2, 0.25) is 0 Å². The predicted octanol–water partition coefficient (Wildman–Crippen LogP) is 7.37. The number of benzene rings is 3. The summed E-state index contributed by atoms with van der Waals surface area (Å²) in [6.07, 6.45) is 3.79. The van der Waals surface area contributed by atoms with E-state index in [4.69, 9.17) is 9.26 Å². The molecule has 196 valence electrons. The van der Waals surface area contributed by atoms with E-state index in [-0.39, 0.29) is 5.97 Å². The van der Waals surface area contributed by atoms with Gasteiger partial charge in [0.05, 0.1) is 12.0 Å². The number of aromatic nitrogens is 1. The summed E-state index contributed by atoms with van der Waals surface area (Å²) in [6, 6.07) is 27.7. The van der Waals surface area contributed by atoms with Crippen LogP contribution in [0.2, 0.25) is 0 Å². The lowest BCUT2D eigenvalue weighted by Crippen LogP contribution is -2.29. The van der Waals surface area contributed by atoms with Gasteiger partial charge < -0.3 is 14.2 Å². The van der Waals surface area contributed by atoms with Gasteiger partial charge in [-0.05, 0) is 68.7 Å². The summed E-state index contributed by atoms with van der Waals surface area (Å²) in [7, 11) is 2.12. The summed E-state index contributed by atoms with van der Waals surface area (Å²) in [5.41, 5.74) is 7.12. The fourth-order valence-corrected chi connectivity index (χ4v) is 5.20. The zero-order valence-electron chi connectivity index (χ0n) is 22.7. The number of aryl methyl sites for hydroxylation is 2. The monoisotopic (exact) mass is 508 g/mol. The van der Waals surface area contributed by atoms with Crippen molar-refractivity contribution < 1.29 is 14.1 Å². The van der Waals surface area contributed by atoms with E-state index < -0.39 is 5.41 Å². The zero-order valence-corrected chi connectivity index (χ0v) is 22.7. The largest absolute Gasteiger partial charge is 0.465 e. The van der Waals surface area contributed by atoms with Gasteiger partial charge in [-0.1, -0.05) is 84.0 Å². The lowest BCUT2D eigenvalue weighted by molar-refractivity contribution is -0.146. The molecule has 0 aliphatic heterocycles. The van der Waals surface area contributed by atoms with E-state index in [1.54, 1.807) is 0 Å². The number of rotatable bonds is 10. The highest BCUT2D eigenvalue weighted by Gasteiger charge is 2.52. The van der Waals surface area contributed by atoms with Crippen LogP contribution in [0.1, 0.15) is 49.9 Å². The fraction of sp³-hybridized carbons (Fsp3) is 0.333. The maximum Gasteiger partial charge on any atom is 0.316 e. The van der Waals surface area contributed by atoms with Crippen molar-refractivity contribution in [2.24, 2.45) is 0 Å². The minimum Gasteiger partial charge on any atom is -0.465 e. The third-order valence-corrected chi connectivity index (χ3v) is 7.87. The summed E-state index contributed by atoms with van der Waals surface area (Å²) >= 11 is 0. The molecule has 1 atom stereocenters. The number of carbonyl (C=O) groups is 1.